The lowest BCUT2D eigenvalue weighted by molar-refractivity contribution is 0.120. The van der Waals surface area contributed by atoms with Crippen molar-refractivity contribution in [3.63, 3.8) is 0 Å². The Morgan fingerprint density at radius 3 is 1.78 bits per heavy atom. The van der Waals surface area contributed by atoms with E-state index in [1.807, 2.05) is 6.92 Å². The maximum atomic E-state index is 14.4. The SMILES string of the molecule is CCCCCC1CCC(C2CCC(COc3ccc(OCCCC)c(F)c3F)CC2)CC1. The summed E-state index contributed by atoms with van der Waals surface area (Å²) in [5.74, 6) is 1.30. The summed E-state index contributed by atoms with van der Waals surface area (Å²) in [6, 6.07) is 2.99. The van der Waals surface area contributed by atoms with Crippen molar-refractivity contribution in [2.75, 3.05) is 13.2 Å². The zero-order valence-corrected chi connectivity index (χ0v) is 20.4. The first-order valence-electron chi connectivity index (χ1n) is 13.4. The smallest absolute Gasteiger partial charge is 0.204 e. The van der Waals surface area contributed by atoms with Crippen LogP contribution in [0.25, 0.3) is 0 Å². The molecule has 0 bridgehead atoms. The molecule has 0 unspecified atom stereocenters. The van der Waals surface area contributed by atoms with E-state index in [0.717, 1.165) is 43.4 Å². The van der Waals surface area contributed by atoms with Gasteiger partial charge in [-0.05, 0) is 80.8 Å². The van der Waals surface area contributed by atoms with Crippen molar-refractivity contribution in [3.05, 3.63) is 23.8 Å². The lowest BCUT2D eigenvalue weighted by Gasteiger charge is -2.38. The highest BCUT2D eigenvalue weighted by Crippen LogP contribution is 2.42. The Morgan fingerprint density at radius 1 is 0.688 bits per heavy atom. The fourth-order valence-electron chi connectivity index (χ4n) is 5.73. The Kier molecular flexibility index (Phi) is 10.6. The van der Waals surface area contributed by atoms with Gasteiger partial charge in [-0.1, -0.05) is 58.8 Å². The number of benzene rings is 1. The Balaban J connectivity index is 1.37. The van der Waals surface area contributed by atoms with Gasteiger partial charge in [0.15, 0.2) is 11.5 Å². The summed E-state index contributed by atoms with van der Waals surface area (Å²) in [5.41, 5.74) is 0. The molecule has 0 spiro atoms. The molecule has 2 fully saturated rings. The predicted octanol–water partition coefficient (Wildman–Crippen LogP) is 8.72. The van der Waals surface area contributed by atoms with Crippen LogP contribution in [0.3, 0.4) is 0 Å². The van der Waals surface area contributed by atoms with Crippen LogP contribution in [0.1, 0.15) is 104 Å². The first kappa shape index (κ1) is 25.3. The van der Waals surface area contributed by atoms with Gasteiger partial charge in [-0.15, -0.1) is 0 Å². The van der Waals surface area contributed by atoms with E-state index in [4.69, 9.17) is 9.47 Å². The summed E-state index contributed by atoms with van der Waals surface area (Å²) < 4.78 is 39.7. The molecular weight excluding hydrogens is 406 g/mol. The summed E-state index contributed by atoms with van der Waals surface area (Å²) in [7, 11) is 0. The molecule has 0 N–H and O–H groups in total. The molecule has 3 rings (SSSR count). The molecule has 0 heterocycles. The fourth-order valence-corrected chi connectivity index (χ4v) is 5.73. The number of ether oxygens (including phenoxy) is 2. The van der Waals surface area contributed by atoms with Gasteiger partial charge >= 0.3 is 0 Å². The van der Waals surface area contributed by atoms with E-state index in [2.05, 4.69) is 6.92 Å². The average Bonchev–Trinajstić information content (AvgIpc) is 2.82. The highest BCUT2D eigenvalue weighted by atomic mass is 19.2. The van der Waals surface area contributed by atoms with Gasteiger partial charge in [-0.25, -0.2) is 0 Å². The van der Waals surface area contributed by atoms with E-state index in [9.17, 15) is 8.78 Å². The molecule has 2 saturated carbocycles. The molecule has 2 aliphatic carbocycles. The molecule has 0 atom stereocenters. The van der Waals surface area contributed by atoms with Crippen molar-refractivity contribution in [3.8, 4) is 11.5 Å². The second-order valence-electron chi connectivity index (χ2n) is 10.3. The summed E-state index contributed by atoms with van der Waals surface area (Å²) >= 11 is 0. The van der Waals surface area contributed by atoms with Crippen molar-refractivity contribution in [2.45, 2.75) is 104 Å². The fraction of sp³-hybridized carbons (Fsp3) is 0.786. The molecule has 0 aromatic heterocycles. The minimum Gasteiger partial charge on any atom is -0.490 e. The first-order valence-corrected chi connectivity index (χ1v) is 13.4. The van der Waals surface area contributed by atoms with Gasteiger partial charge in [0.1, 0.15) is 0 Å². The van der Waals surface area contributed by atoms with Crippen molar-refractivity contribution >= 4 is 0 Å². The number of halogens is 2. The molecule has 0 amide bonds. The molecule has 0 aliphatic heterocycles. The van der Waals surface area contributed by atoms with Gasteiger partial charge in [-0.3, -0.25) is 0 Å². The average molecular weight is 451 g/mol. The van der Waals surface area contributed by atoms with Crippen LogP contribution < -0.4 is 9.47 Å². The molecule has 4 heteroatoms. The zero-order valence-electron chi connectivity index (χ0n) is 20.4. The molecule has 1 aromatic carbocycles. The second-order valence-corrected chi connectivity index (χ2v) is 10.3. The second kappa shape index (κ2) is 13.4. The summed E-state index contributed by atoms with van der Waals surface area (Å²) in [4.78, 5) is 0. The number of rotatable bonds is 12. The predicted molar refractivity (Wildman–Crippen MR) is 127 cm³/mol. The standard InChI is InChI=1S/C28H44F2O2/c1-3-5-7-8-21-9-13-23(14-10-21)24-15-11-22(12-16-24)20-32-26-18-17-25(27(29)28(26)30)31-19-6-4-2/h17-18,21-24H,3-16,19-20H2,1-2H3. The normalized spacial score (nSPS) is 26.1. The molecule has 1 aromatic rings. The van der Waals surface area contributed by atoms with Crippen LogP contribution >= 0.6 is 0 Å². The molecule has 0 radical (unpaired) electrons. The van der Waals surface area contributed by atoms with Crippen LogP contribution in [0.4, 0.5) is 8.78 Å². The van der Waals surface area contributed by atoms with Crippen molar-refractivity contribution in [1.82, 2.24) is 0 Å². The number of hydrogen-bond acceptors (Lipinski definition) is 2. The monoisotopic (exact) mass is 450 g/mol. The van der Waals surface area contributed by atoms with Crippen molar-refractivity contribution < 1.29 is 18.3 Å². The van der Waals surface area contributed by atoms with E-state index < -0.39 is 11.6 Å². The van der Waals surface area contributed by atoms with E-state index in [-0.39, 0.29) is 11.5 Å². The quantitative estimate of drug-likeness (QED) is 0.296. The summed E-state index contributed by atoms with van der Waals surface area (Å²) in [5, 5.41) is 0. The number of unbranched alkanes of at least 4 members (excludes halogenated alkanes) is 3. The van der Waals surface area contributed by atoms with Crippen LogP contribution in [-0.4, -0.2) is 13.2 Å². The summed E-state index contributed by atoms with van der Waals surface area (Å²) in [6.07, 6.45) is 17.8. The molecule has 182 valence electrons. The summed E-state index contributed by atoms with van der Waals surface area (Å²) in [6.45, 7) is 5.19. The Morgan fingerprint density at radius 2 is 1.22 bits per heavy atom. The van der Waals surface area contributed by atoms with Gasteiger partial charge < -0.3 is 9.47 Å². The van der Waals surface area contributed by atoms with E-state index in [1.165, 1.54) is 76.3 Å². The first-order chi connectivity index (χ1) is 15.6. The van der Waals surface area contributed by atoms with Crippen LogP contribution in [0, 0.1) is 35.3 Å². The van der Waals surface area contributed by atoms with Gasteiger partial charge in [0.2, 0.25) is 11.6 Å². The third-order valence-electron chi connectivity index (χ3n) is 7.91. The van der Waals surface area contributed by atoms with Gasteiger partial charge in [-0.2, -0.15) is 8.78 Å². The highest BCUT2D eigenvalue weighted by Gasteiger charge is 2.31. The maximum absolute atomic E-state index is 14.4. The lowest BCUT2D eigenvalue weighted by Crippen LogP contribution is -2.27. The van der Waals surface area contributed by atoms with Crippen LogP contribution in [0.5, 0.6) is 11.5 Å². The van der Waals surface area contributed by atoms with Crippen LogP contribution in [0.2, 0.25) is 0 Å². The van der Waals surface area contributed by atoms with Crippen molar-refractivity contribution in [2.24, 2.45) is 23.7 Å². The minimum atomic E-state index is -0.937. The lowest BCUT2D eigenvalue weighted by atomic mass is 9.69. The van der Waals surface area contributed by atoms with E-state index in [1.54, 1.807) is 0 Å². The third kappa shape index (κ3) is 7.35. The minimum absolute atomic E-state index is 0.00820. The molecule has 0 saturated heterocycles. The van der Waals surface area contributed by atoms with Gasteiger partial charge in [0.05, 0.1) is 13.2 Å². The largest absolute Gasteiger partial charge is 0.490 e. The van der Waals surface area contributed by atoms with Gasteiger partial charge in [0, 0.05) is 0 Å². The topological polar surface area (TPSA) is 18.5 Å². The van der Waals surface area contributed by atoms with Crippen molar-refractivity contribution in [1.29, 1.82) is 0 Å². The van der Waals surface area contributed by atoms with E-state index >= 15 is 0 Å². The Hall–Kier alpha value is -1.32. The zero-order chi connectivity index (χ0) is 22.8. The highest BCUT2D eigenvalue weighted by molar-refractivity contribution is 5.35. The number of hydrogen-bond donors (Lipinski definition) is 0. The molecular formula is C28H44F2O2. The van der Waals surface area contributed by atoms with E-state index in [0.29, 0.717) is 19.1 Å². The third-order valence-corrected chi connectivity index (χ3v) is 7.91. The molecule has 2 aliphatic rings. The Labute approximate surface area is 194 Å². The van der Waals surface area contributed by atoms with Crippen LogP contribution in [0.15, 0.2) is 12.1 Å². The molecule has 32 heavy (non-hydrogen) atoms. The molecule has 2 nitrogen and oxygen atoms in total. The maximum Gasteiger partial charge on any atom is 0.204 e. The Bertz CT molecular complexity index is 662. The van der Waals surface area contributed by atoms with Crippen LogP contribution in [-0.2, 0) is 0 Å². The van der Waals surface area contributed by atoms with Gasteiger partial charge in [0.25, 0.3) is 0 Å².